The number of ether oxygens (including phenoxy) is 1. The lowest BCUT2D eigenvalue weighted by atomic mass is 10.2. The van der Waals surface area contributed by atoms with Gasteiger partial charge in [-0.3, -0.25) is 0 Å². The molecule has 0 saturated heterocycles. The normalized spacial score (nSPS) is 17.5. The lowest BCUT2D eigenvalue weighted by Gasteiger charge is -2.15. The molecular weight excluding hydrogens is 234 g/mol. The summed E-state index contributed by atoms with van der Waals surface area (Å²) in [6.45, 7) is 2.69. The molecule has 5 heteroatoms. The van der Waals surface area contributed by atoms with Crippen LogP contribution in [0.4, 0.5) is 5.82 Å². The lowest BCUT2D eigenvalue weighted by Crippen LogP contribution is -2.12. The van der Waals surface area contributed by atoms with E-state index >= 15 is 0 Å². The summed E-state index contributed by atoms with van der Waals surface area (Å²) in [6, 6.07) is 1.96. The Balaban J connectivity index is 2.02. The van der Waals surface area contributed by atoms with Crippen LogP contribution in [-0.4, -0.2) is 16.6 Å². The van der Waals surface area contributed by atoms with Crippen molar-refractivity contribution in [3.63, 3.8) is 0 Å². The summed E-state index contributed by atoms with van der Waals surface area (Å²) in [7, 11) is 0. The van der Waals surface area contributed by atoms with Gasteiger partial charge in [0.05, 0.1) is 5.39 Å². The average Bonchev–Trinajstić information content (AvgIpc) is 3.03. The van der Waals surface area contributed by atoms with Crippen LogP contribution in [0.25, 0.3) is 10.2 Å². The van der Waals surface area contributed by atoms with Crippen molar-refractivity contribution in [2.75, 3.05) is 12.3 Å². The monoisotopic (exact) mass is 249 g/mol. The topological polar surface area (TPSA) is 61.0 Å². The SMILES string of the molecule is CCOC(c1nc(N)c2ccsc2n1)C1CC1. The van der Waals surface area contributed by atoms with E-state index in [0.717, 1.165) is 16.0 Å². The number of nitrogens with two attached hydrogens (primary N) is 1. The van der Waals surface area contributed by atoms with Crippen LogP contribution in [0.1, 0.15) is 31.7 Å². The van der Waals surface area contributed by atoms with E-state index in [1.165, 1.54) is 12.8 Å². The van der Waals surface area contributed by atoms with E-state index in [4.69, 9.17) is 10.5 Å². The Bertz CT molecular complexity index is 536. The number of hydrogen-bond acceptors (Lipinski definition) is 5. The molecule has 2 aromatic rings. The largest absolute Gasteiger partial charge is 0.383 e. The Morgan fingerprint density at radius 2 is 2.35 bits per heavy atom. The van der Waals surface area contributed by atoms with Gasteiger partial charge >= 0.3 is 0 Å². The van der Waals surface area contributed by atoms with Crippen molar-refractivity contribution in [3.05, 3.63) is 17.3 Å². The molecule has 2 aromatic heterocycles. The molecule has 2 N–H and O–H groups in total. The zero-order valence-corrected chi connectivity index (χ0v) is 10.5. The summed E-state index contributed by atoms with van der Waals surface area (Å²) < 4.78 is 5.76. The highest BCUT2D eigenvalue weighted by atomic mass is 32.1. The fraction of sp³-hybridized carbons (Fsp3) is 0.500. The molecule has 1 saturated carbocycles. The van der Waals surface area contributed by atoms with E-state index in [0.29, 0.717) is 18.3 Å². The molecule has 0 amide bonds. The molecule has 0 bridgehead atoms. The number of rotatable bonds is 4. The maximum absolute atomic E-state index is 5.96. The highest BCUT2D eigenvalue weighted by Crippen LogP contribution is 2.42. The summed E-state index contributed by atoms with van der Waals surface area (Å²) in [5, 5.41) is 2.94. The minimum absolute atomic E-state index is 0.0220. The first kappa shape index (κ1) is 10.9. The van der Waals surface area contributed by atoms with Gasteiger partial charge in [-0.2, -0.15) is 0 Å². The summed E-state index contributed by atoms with van der Waals surface area (Å²) in [6.07, 6.45) is 2.43. The van der Waals surface area contributed by atoms with Crippen LogP contribution in [0, 0.1) is 5.92 Å². The van der Waals surface area contributed by atoms with Gasteiger partial charge in [0.15, 0.2) is 5.82 Å². The van der Waals surface area contributed by atoms with Crippen molar-refractivity contribution in [1.29, 1.82) is 0 Å². The van der Waals surface area contributed by atoms with E-state index < -0.39 is 0 Å². The van der Waals surface area contributed by atoms with Gasteiger partial charge in [-0.05, 0) is 37.1 Å². The molecule has 4 nitrogen and oxygen atoms in total. The molecule has 0 radical (unpaired) electrons. The van der Waals surface area contributed by atoms with E-state index in [1.807, 2.05) is 18.4 Å². The van der Waals surface area contributed by atoms with Crippen LogP contribution in [0.15, 0.2) is 11.4 Å². The first-order chi connectivity index (χ1) is 8.29. The van der Waals surface area contributed by atoms with Gasteiger partial charge in [-0.15, -0.1) is 11.3 Å². The number of hydrogen-bond donors (Lipinski definition) is 1. The van der Waals surface area contributed by atoms with E-state index in [-0.39, 0.29) is 6.10 Å². The second-order valence-electron chi connectivity index (χ2n) is 4.32. The van der Waals surface area contributed by atoms with Crippen LogP contribution < -0.4 is 5.73 Å². The Labute approximate surface area is 104 Å². The Hall–Kier alpha value is -1.20. The number of fused-ring (bicyclic) bond motifs is 1. The van der Waals surface area contributed by atoms with Gasteiger partial charge < -0.3 is 10.5 Å². The number of anilines is 1. The maximum atomic E-state index is 5.96. The molecule has 3 rings (SSSR count). The molecule has 0 aliphatic heterocycles. The number of thiophene rings is 1. The van der Waals surface area contributed by atoms with Gasteiger partial charge in [0.1, 0.15) is 16.8 Å². The van der Waals surface area contributed by atoms with Crippen molar-refractivity contribution in [2.45, 2.75) is 25.9 Å². The third-order valence-corrected chi connectivity index (χ3v) is 3.83. The number of aromatic nitrogens is 2. The summed E-state index contributed by atoms with van der Waals surface area (Å²) >= 11 is 1.60. The predicted molar refractivity (Wildman–Crippen MR) is 68.9 cm³/mol. The molecular formula is C12H15N3OS. The Kier molecular flexibility index (Phi) is 2.72. The highest BCUT2D eigenvalue weighted by Gasteiger charge is 2.35. The molecule has 1 unspecified atom stereocenters. The average molecular weight is 249 g/mol. The molecule has 17 heavy (non-hydrogen) atoms. The van der Waals surface area contributed by atoms with Crippen molar-refractivity contribution in [1.82, 2.24) is 9.97 Å². The zero-order valence-electron chi connectivity index (χ0n) is 9.72. The number of nitrogens with zero attached hydrogens (tertiary/aromatic N) is 2. The molecule has 0 aromatic carbocycles. The van der Waals surface area contributed by atoms with E-state index in [1.54, 1.807) is 11.3 Å². The first-order valence-corrected chi connectivity index (χ1v) is 6.79. The van der Waals surface area contributed by atoms with Gasteiger partial charge in [-0.25, -0.2) is 9.97 Å². The summed E-state index contributed by atoms with van der Waals surface area (Å²) in [5.41, 5.74) is 5.96. The van der Waals surface area contributed by atoms with Crippen molar-refractivity contribution in [2.24, 2.45) is 5.92 Å². The highest BCUT2D eigenvalue weighted by molar-refractivity contribution is 7.16. The van der Waals surface area contributed by atoms with Crippen molar-refractivity contribution in [3.8, 4) is 0 Å². The summed E-state index contributed by atoms with van der Waals surface area (Å²) in [4.78, 5) is 9.94. The molecule has 90 valence electrons. The minimum atomic E-state index is 0.0220. The van der Waals surface area contributed by atoms with Crippen molar-refractivity contribution < 1.29 is 4.74 Å². The second-order valence-corrected chi connectivity index (χ2v) is 5.21. The van der Waals surface area contributed by atoms with Gasteiger partial charge in [0, 0.05) is 6.61 Å². The second kappa shape index (κ2) is 4.23. The third kappa shape index (κ3) is 2.00. The number of nitrogen functional groups attached to an aromatic ring is 1. The molecule has 1 atom stereocenters. The summed E-state index contributed by atoms with van der Waals surface area (Å²) in [5.74, 6) is 1.89. The van der Waals surface area contributed by atoms with Gasteiger partial charge in [0.2, 0.25) is 0 Å². The van der Waals surface area contributed by atoms with Gasteiger partial charge in [0.25, 0.3) is 0 Å². The smallest absolute Gasteiger partial charge is 0.161 e. The van der Waals surface area contributed by atoms with E-state index in [9.17, 15) is 0 Å². The predicted octanol–water partition coefficient (Wildman–Crippen LogP) is 2.76. The first-order valence-electron chi connectivity index (χ1n) is 5.91. The lowest BCUT2D eigenvalue weighted by molar-refractivity contribution is 0.0404. The fourth-order valence-corrected chi connectivity index (χ4v) is 2.80. The third-order valence-electron chi connectivity index (χ3n) is 3.02. The molecule has 0 spiro atoms. The van der Waals surface area contributed by atoms with Crippen LogP contribution in [-0.2, 0) is 4.74 Å². The molecule has 1 aliphatic carbocycles. The van der Waals surface area contributed by atoms with Crippen LogP contribution in [0.3, 0.4) is 0 Å². The Morgan fingerprint density at radius 1 is 1.53 bits per heavy atom. The minimum Gasteiger partial charge on any atom is -0.383 e. The van der Waals surface area contributed by atoms with Crippen LogP contribution in [0.2, 0.25) is 0 Å². The molecule has 1 fully saturated rings. The fourth-order valence-electron chi connectivity index (χ4n) is 2.02. The standard InChI is InChI=1S/C12H15N3OS/c1-2-16-9(7-3-4-7)11-14-10(13)8-5-6-17-12(8)15-11/h5-7,9H,2-4H2,1H3,(H2,13,14,15). The molecule has 1 aliphatic rings. The van der Waals surface area contributed by atoms with E-state index in [2.05, 4.69) is 9.97 Å². The van der Waals surface area contributed by atoms with Gasteiger partial charge in [-0.1, -0.05) is 0 Å². The zero-order chi connectivity index (χ0) is 11.8. The maximum Gasteiger partial charge on any atom is 0.161 e. The van der Waals surface area contributed by atoms with Crippen LogP contribution >= 0.6 is 11.3 Å². The Morgan fingerprint density at radius 3 is 3.06 bits per heavy atom. The van der Waals surface area contributed by atoms with Crippen LogP contribution in [0.5, 0.6) is 0 Å². The van der Waals surface area contributed by atoms with Crippen molar-refractivity contribution >= 4 is 27.4 Å². The molecule has 2 heterocycles. The quantitative estimate of drug-likeness (QED) is 0.905.